The zero-order valence-electron chi connectivity index (χ0n) is 17.1. The molecule has 0 atom stereocenters. The smallest absolute Gasteiger partial charge is 0.291 e. The van der Waals surface area contributed by atoms with Gasteiger partial charge in [-0.25, -0.2) is 0 Å². The first-order valence-electron chi connectivity index (χ1n) is 9.81. The molecule has 2 amide bonds. The first kappa shape index (κ1) is 21.0. The van der Waals surface area contributed by atoms with Crippen molar-refractivity contribution in [2.45, 2.75) is 13.8 Å². The van der Waals surface area contributed by atoms with E-state index in [9.17, 15) is 9.59 Å². The number of amides is 2. The summed E-state index contributed by atoms with van der Waals surface area (Å²) in [5.74, 6) is 0.0608. The summed E-state index contributed by atoms with van der Waals surface area (Å²) in [5.41, 5.74) is 2.36. The first-order chi connectivity index (χ1) is 14.6. The number of anilines is 3. The summed E-state index contributed by atoms with van der Waals surface area (Å²) >= 11 is 0. The van der Waals surface area contributed by atoms with Crippen LogP contribution in [0.1, 0.15) is 24.4 Å². The van der Waals surface area contributed by atoms with E-state index in [0.717, 1.165) is 18.8 Å². The van der Waals surface area contributed by atoms with Crippen LogP contribution >= 0.6 is 0 Å². The van der Waals surface area contributed by atoms with Crippen LogP contribution in [0.15, 0.2) is 71.3 Å². The van der Waals surface area contributed by atoms with Crippen LogP contribution in [0.3, 0.4) is 0 Å². The summed E-state index contributed by atoms with van der Waals surface area (Å²) in [7, 11) is 0. The third kappa shape index (κ3) is 5.64. The van der Waals surface area contributed by atoms with Crippen molar-refractivity contribution in [1.29, 1.82) is 0 Å². The number of rotatable bonds is 9. The van der Waals surface area contributed by atoms with Gasteiger partial charge >= 0.3 is 0 Å². The molecule has 0 aliphatic heterocycles. The second-order valence-electron chi connectivity index (χ2n) is 6.52. The largest absolute Gasteiger partial charge is 0.484 e. The van der Waals surface area contributed by atoms with Gasteiger partial charge in [-0.2, -0.15) is 0 Å². The molecule has 0 bridgehead atoms. The molecular weight excluding hydrogens is 382 g/mol. The van der Waals surface area contributed by atoms with Crippen LogP contribution < -0.4 is 20.3 Å². The normalized spacial score (nSPS) is 10.3. The van der Waals surface area contributed by atoms with E-state index in [1.807, 2.05) is 24.3 Å². The van der Waals surface area contributed by atoms with Gasteiger partial charge in [-0.3, -0.25) is 9.59 Å². The Bertz CT molecular complexity index is 964. The maximum absolute atomic E-state index is 12.2. The van der Waals surface area contributed by atoms with Crippen molar-refractivity contribution in [3.05, 3.63) is 72.7 Å². The van der Waals surface area contributed by atoms with E-state index >= 15 is 0 Å². The van der Waals surface area contributed by atoms with Gasteiger partial charge in [-0.15, -0.1) is 0 Å². The molecule has 7 heteroatoms. The minimum Gasteiger partial charge on any atom is -0.484 e. The van der Waals surface area contributed by atoms with E-state index in [0.29, 0.717) is 17.1 Å². The lowest BCUT2D eigenvalue weighted by atomic mass is 10.2. The number of carbonyl (C=O) groups excluding carboxylic acids is 2. The van der Waals surface area contributed by atoms with Crippen molar-refractivity contribution < 1.29 is 18.7 Å². The lowest BCUT2D eigenvalue weighted by Crippen LogP contribution is -2.22. The van der Waals surface area contributed by atoms with E-state index < -0.39 is 0 Å². The minimum atomic E-state index is -0.358. The predicted octanol–water partition coefficient (Wildman–Crippen LogP) is 4.40. The molecule has 1 aromatic heterocycles. The molecule has 0 fully saturated rings. The van der Waals surface area contributed by atoms with Crippen LogP contribution in [0, 0.1) is 0 Å². The number of hydrogen-bond donors (Lipinski definition) is 2. The lowest BCUT2D eigenvalue weighted by molar-refractivity contribution is -0.118. The van der Waals surface area contributed by atoms with Crippen molar-refractivity contribution in [1.82, 2.24) is 0 Å². The van der Waals surface area contributed by atoms with E-state index in [1.54, 1.807) is 36.4 Å². The molecule has 2 N–H and O–H groups in total. The van der Waals surface area contributed by atoms with Gasteiger partial charge in [0.05, 0.1) is 6.26 Å². The van der Waals surface area contributed by atoms with Crippen LogP contribution in [0.5, 0.6) is 5.75 Å². The molecule has 0 aliphatic rings. The number of carbonyl (C=O) groups is 2. The highest BCUT2D eigenvalue weighted by atomic mass is 16.5. The number of nitrogens with zero attached hydrogens (tertiary/aromatic N) is 1. The third-order valence-corrected chi connectivity index (χ3v) is 4.49. The van der Waals surface area contributed by atoms with Crippen LogP contribution in [0.2, 0.25) is 0 Å². The number of hydrogen-bond acceptors (Lipinski definition) is 5. The van der Waals surface area contributed by atoms with Gasteiger partial charge in [0.15, 0.2) is 12.4 Å². The van der Waals surface area contributed by atoms with Crippen molar-refractivity contribution in [2.75, 3.05) is 35.2 Å². The summed E-state index contributed by atoms with van der Waals surface area (Å²) in [6.45, 7) is 5.92. The van der Waals surface area contributed by atoms with Gasteiger partial charge in [0.25, 0.3) is 11.8 Å². The maximum Gasteiger partial charge on any atom is 0.291 e. The zero-order chi connectivity index (χ0) is 21.3. The van der Waals surface area contributed by atoms with Gasteiger partial charge in [0.2, 0.25) is 0 Å². The number of nitrogens with one attached hydrogen (secondary N) is 2. The molecule has 0 unspecified atom stereocenters. The fraction of sp³-hybridized carbons (Fsp3) is 0.217. The summed E-state index contributed by atoms with van der Waals surface area (Å²) in [6.07, 6.45) is 1.43. The van der Waals surface area contributed by atoms with E-state index in [4.69, 9.17) is 9.15 Å². The van der Waals surface area contributed by atoms with Crippen molar-refractivity contribution >= 4 is 28.9 Å². The molecule has 0 saturated heterocycles. The number of benzene rings is 2. The average molecular weight is 407 g/mol. The molecule has 2 aromatic carbocycles. The summed E-state index contributed by atoms with van der Waals surface area (Å²) in [5, 5.41) is 5.53. The zero-order valence-corrected chi connectivity index (χ0v) is 17.1. The Morgan fingerprint density at radius 3 is 2.37 bits per heavy atom. The summed E-state index contributed by atoms with van der Waals surface area (Å²) < 4.78 is 10.6. The predicted molar refractivity (Wildman–Crippen MR) is 117 cm³/mol. The molecule has 1 heterocycles. The Morgan fingerprint density at radius 2 is 1.70 bits per heavy atom. The van der Waals surface area contributed by atoms with Crippen molar-refractivity contribution in [3.63, 3.8) is 0 Å². The van der Waals surface area contributed by atoms with Crippen LogP contribution in [-0.2, 0) is 4.79 Å². The van der Waals surface area contributed by atoms with Gasteiger partial charge in [-0.1, -0.05) is 6.07 Å². The Labute approximate surface area is 175 Å². The van der Waals surface area contributed by atoms with Gasteiger partial charge in [-0.05, 0) is 62.4 Å². The van der Waals surface area contributed by atoms with E-state index in [-0.39, 0.29) is 24.2 Å². The standard InChI is InChI=1S/C23H25N3O4/c1-3-26(4-2)19-12-10-17(11-13-19)24-22(27)16-30-20-8-5-7-18(15-20)25-23(28)21-9-6-14-29-21/h5-15H,3-4,16H2,1-2H3,(H,24,27)(H,25,28). The molecule has 0 spiro atoms. The molecule has 0 radical (unpaired) electrons. The molecule has 7 nitrogen and oxygen atoms in total. The molecule has 3 aromatic rings. The first-order valence-corrected chi connectivity index (χ1v) is 9.81. The second-order valence-corrected chi connectivity index (χ2v) is 6.52. The fourth-order valence-electron chi connectivity index (χ4n) is 2.95. The summed E-state index contributed by atoms with van der Waals surface area (Å²) in [4.78, 5) is 26.5. The Kier molecular flexibility index (Phi) is 7.10. The molecule has 30 heavy (non-hydrogen) atoms. The Hall–Kier alpha value is -3.74. The highest BCUT2D eigenvalue weighted by Crippen LogP contribution is 2.19. The van der Waals surface area contributed by atoms with Crippen LogP contribution in [0.25, 0.3) is 0 Å². The molecule has 156 valence electrons. The van der Waals surface area contributed by atoms with Gasteiger partial charge < -0.3 is 24.7 Å². The van der Waals surface area contributed by atoms with E-state index in [1.165, 1.54) is 6.26 Å². The molecule has 0 saturated carbocycles. The lowest BCUT2D eigenvalue weighted by Gasteiger charge is -2.21. The highest BCUT2D eigenvalue weighted by Gasteiger charge is 2.10. The van der Waals surface area contributed by atoms with Gasteiger partial charge in [0.1, 0.15) is 5.75 Å². The Balaban J connectivity index is 1.51. The second kappa shape index (κ2) is 10.2. The minimum absolute atomic E-state index is 0.145. The SMILES string of the molecule is CCN(CC)c1ccc(NC(=O)COc2cccc(NC(=O)c3ccco3)c2)cc1. The maximum atomic E-state index is 12.2. The van der Waals surface area contributed by atoms with Crippen molar-refractivity contribution in [3.8, 4) is 5.75 Å². The van der Waals surface area contributed by atoms with Crippen LogP contribution in [0.4, 0.5) is 17.1 Å². The number of furan rings is 1. The molecule has 0 aliphatic carbocycles. The average Bonchev–Trinajstić information content (AvgIpc) is 3.30. The third-order valence-electron chi connectivity index (χ3n) is 4.49. The fourth-order valence-corrected chi connectivity index (χ4v) is 2.95. The van der Waals surface area contributed by atoms with E-state index in [2.05, 4.69) is 29.4 Å². The van der Waals surface area contributed by atoms with Crippen LogP contribution in [-0.4, -0.2) is 31.5 Å². The Morgan fingerprint density at radius 1 is 0.933 bits per heavy atom. The topological polar surface area (TPSA) is 83.8 Å². The number of ether oxygens (including phenoxy) is 1. The van der Waals surface area contributed by atoms with Gasteiger partial charge in [0, 0.05) is 36.2 Å². The molecule has 3 rings (SSSR count). The monoisotopic (exact) mass is 407 g/mol. The quantitative estimate of drug-likeness (QED) is 0.549. The van der Waals surface area contributed by atoms with Crippen molar-refractivity contribution in [2.24, 2.45) is 0 Å². The molecular formula is C23H25N3O4. The highest BCUT2D eigenvalue weighted by molar-refractivity contribution is 6.02. The summed E-state index contributed by atoms with van der Waals surface area (Å²) in [6, 6.07) is 17.7.